The second-order valence-electron chi connectivity index (χ2n) is 7.61. The van der Waals surface area contributed by atoms with E-state index in [-0.39, 0.29) is 18.3 Å². The van der Waals surface area contributed by atoms with Crippen LogP contribution in [0.3, 0.4) is 0 Å². The number of halogens is 4. The van der Waals surface area contributed by atoms with Crippen LogP contribution in [0.2, 0.25) is 0 Å². The number of pyridine rings is 1. The van der Waals surface area contributed by atoms with E-state index in [0.717, 1.165) is 18.3 Å². The molecule has 36 heavy (non-hydrogen) atoms. The van der Waals surface area contributed by atoms with Gasteiger partial charge in [0, 0.05) is 17.8 Å². The molecule has 2 aliphatic heterocycles. The number of hydrazone groups is 1. The molecule has 0 saturated carbocycles. The zero-order chi connectivity index (χ0) is 26.0. The Kier molecular flexibility index (Phi) is 6.97. The lowest BCUT2D eigenvalue weighted by atomic mass is 9.86. The van der Waals surface area contributed by atoms with Gasteiger partial charge < -0.3 is 15.8 Å². The number of nitrogens with one attached hydrogen (secondary N) is 2. The van der Waals surface area contributed by atoms with Gasteiger partial charge in [-0.05, 0) is 52.7 Å². The third kappa shape index (κ3) is 5.03. The fourth-order valence-electron chi connectivity index (χ4n) is 3.81. The lowest BCUT2D eigenvalue weighted by Crippen LogP contribution is -2.43. The summed E-state index contributed by atoms with van der Waals surface area (Å²) in [6, 6.07) is 6.69. The van der Waals surface area contributed by atoms with Gasteiger partial charge in [0.25, 0.3) is 0 Å². The first-order valence-corrected chi connectivity index (χ1v) is 11.3. The predicted octanol–water partition coefficient (Wildman–Crippen LogP) is 4.00. The Morgan fingerprint density at radius 1 is 1.19 bits per heavy atom. The normalized spacial score (nSPS) is 19.0. The van der Waals surface area contributed by atoms with Crippen LogP contribution in [0.25, 0.3) is 0 Å². The van der Waals surface area contributed by atoms with Crippen molar-refractivity contribution in [1.82, 2.24) is 9.99 Å². The minimum absolute atomic E-state index is 0.172. The van der Waals surface area contributed by atoms with Crippen LogP contribution in [0.5, 0.6) is 0 Å². The summed E-state index contributed by atoms with van der Waals surface area (Å²) in [4.78, 5) is 32.8. The van der Waals surface area contributed by atoms with Gasteiger partial charge in [-0.25, -0.2) is 24.6 Å². The molecule has 0 bridgehead atoms. The molecule has 2 atom stereocenters. The Bertz CT molecular complexity index is 1280. The third-order valence-corrected chi connectivity index (χ3v) is 6.14. The molecule has 0 fully saturated rings. The van der Waals surface area contributed by atoms with Crippen LogP contribution in [0.15, 0.2) is 62.9 Å². The number of nitrogens with zero attached hydrogens (tertiary/aromatic N) is 4. The summed E-state index contributed by atoms with van der Waals surface area (Å²) in [6.45, 7) is 1.86. The number of aliphatic imine (C=N–C) groups is 1. The average molecular weight is 566 g/mol. The molecule has 188 valence electrons. The van der Waals surface area contributed by atoms with Crippen molar-refractivity contribution in [1.29, 1.82) is 0 Å². The highest BCUT2D eigenvalue weighted by atomic mass is 79.9. The number of benzene rings is 1. The molecule has 3 heterocycles. The maximum absolute atomic E-state index is 12.9. The predicted molar refractivity (Wildman–Crippen MR) is 129 cm³/mol. The highest BCUT2D eigenvalue weighted by Crippen LogP contribution is 2.45. The molecule has 1 aromatic heterocycles. The summed E-state index contributed by atoms with van der Waals surface area (Å²) >= 11 is 3.42. The maximum Gasteiger partial charge on any atom is 0.416 e. The number of fused-ring (bicyclic) bond motifs is 1. The van der Waals surface area contributed by atoms with Gasteiger partial charge in [-0.2, -0.15) is 18.3 Å². The smallest absolute Gasteiger partial charge is 0.416 e. The lowest BCUT2D eigenvalue weighted by molar-refractivity contribution is -0.139. The second kappa shape index (κ2) is 9.97. The number of anilines is 2. The first-order valence-electron chi connectivity index (χ1n) is 10.5. The number of nitrogens with two attached hydrogens (primary N) is 1. The maximum atomic E-state index is 12.9. The van der Waals surface area contributed by atoms with Gasteiger partial charge in [0.2, 0.25) is 0 Å². The Hall–Kier alpha value is -3.94. The topological polar surface area (TPSA) is 134 Å². The Balaban J connectivity index is 1.53. The van der Waals surface area contributed by atoms with E-state index >= 15 is 0 Å². The number of alkyl halides is 3. The number of amidine groups is 1. The van der Waals surface area contributed by atoms with Crippen LogP contribution >= 0.6 is 15.9 Å². The number of hydrogen-bond donors (Lipinski definition) is 3. The number of rotatable bonds is 5. The number of esters is 1. The quantitative estimate of drug-likeness (QED) is 0.370. The van der Waals surface area contributed by atoms with Crippen LogP contribution in [0.4, 0.5) is 29.5 Å². The molecule has 2 amide bonds. The Morgan fingerprint density at radius 2 is 1.92 bits per heavy atom. The number of aromatic nitrogens is 1. The van der Waals surface area contributed by atoms with E-state index in [4.69, 9.17) is 10.5 Å². The van der Waals surface area contributed by atoms with Crippen LogP contribution in [0, 0.1) is 0 Å². The monoisotopic (exact) mass is 565 g/mol. The number of carbonyl (C=O) groups excluding carboxylic acids is 2. The lowest BCUT2D eigenvalue weighted by Gasteiger charge is -2.28. The molecule has 4 rings (SSSR count). The highest BCUT2D eigenvalue weighted by molar-refractivity contribution is 9.11. The minimum atomic E-state index is -4.56. The summed E-state index contributed by atoms with van der Waals surface area (Å²) in [7, 11) is 0. The van der Waals surface area contributed by atoms with Crippen molar-refractivity contribution in [3.63, 3.8) is 0 Å². The first-order chi connectivity index (χ1) is 17.1. The number of hydrogen-bond acceptors (Lipinski definition) is 8. The largest absolute Gasteiger partial charge is 0.463 e. The van der Waals surface area contributed by atoms with Crippen molar-refractivity contribution in [2.75, 3.05) is 17.2 Å². The highest BCUT2D eigenvalue weighted by Gasteiger charge is 2.47. The molecule has 0 spiro atoms. The van der Waals surface area contributed by atoms with Gasteiger partial charge in [0.1, 0.15) is 28.6 Å². The summed E-state index contributed by atoms with van der Waals surface area (Å²) in [5.41, 5.74) is 6.52. The van der Waals surface area contributed by atoms with Crippen molar-refractivity contribution >= 4 is 51.6 Å². The van der Waals surface area contributed by atoms with Crippen molar-refractivity contribution in [2.24, 2.45) is 15.8 Å². The van der Waals surface area contributed by atoms with Crippen molar-refractivity contribution in [3.8, 4) is 0 Å². The molecule has 14 heteroatoms. The van der Waals surface area contributed by atoms with Crippen molar-refractivity contribution in [2.45, 2.75) is 25.1 Å². The van der Waals surface area contributed by atoms with Gasteiger partial charge in [0.15, 0.2) is 0 Å². The molecule has 0 aliphatic carbocycles. The zero-order valence-corrected chi connectivity index (χ0v) is 20.2. The van der Waals surface area contributed by atoms with E-state index < -0.39 is 35.7 Å². The molecule has 4 N–H and O–H groups in total. The molecule has 0 saturated heterocycles. The summed E-state index contributed by atoms with van der Waals surface area (Å²) in [6.07, 6.45) is -2.33. The summed E-state index contributed by atoms with van der Waals surface area (Å²) in [5, 5.41) is 10.5. The molecule has 2 aromatic rings. The fourth-order valence-corrected chi connectivity index (χ4v) is 4.53. The molecular formula is C22H19BrF3N7O3. The minimum Gasteiger partial charge on any atom is -0.463 e. The molecule has 2 aliphatic rings. The van der Waals surface area contributed by atoms with E-state index in [2.05, 4.69) is 41.6 Å². The summed E-state index contributed by atoms with van der Waals surface area (Å²) < 4.78 is 44.2. The van der Waals surface area contributed by atoms with E-state index in [1.54, 1.807) is 36.2 Å². The van der Waals surface area contributed by atoms with Gasteiger partial charge >= 0.3 is 18.2 Å². The molecule has 0 radical (unpaired) electrons. The molecule has 2 unspecified atom stereocenters. The number of ether oxygens (including phenoxy) is 1. The van der Waals surface area contributed by atoms with Crippen LogP contribution in [0.1, 0.15) is 24.0 Å². The SMILES string of the molecule is CCOC(=O)C1=C(Br)N2N=CN=C(N)C2C1c1ccc(NC(=O)Nc2cc(C(F)(F)F)ccn2)cc1. The fraction of sp³-hybridized carbons (Fsp3) is 0.227. The van der Waals surface area contributed by atoms with E-state index in [0.29, 0.717) is 21.4 Å². The Labute approximate surface area is 211 Å². The number of urea groups is 1. The van der Waals surface area contributed by atoms with Gasteiger partial charge in [-0.15, -0.1) is 0 Å². The molecule has 10 nitrogen and oxygen atoms in total. The summed E-state index contributed by atoms with van der Waals surface area (Å²) in [5.74, 6) is -1.12. The molecule has 1 aromatic carbocycles. The zero-order valence-electron chi connectivity index (χ0n) is 18.6. The first kappa shape index (κ1) is 25.2. The average Bonchev–Trinajstić information content (AvgIpc) is 3.13. The number of carbonyl (C=O) groups is 2. The van der Waals surface area contributed by atoms with Crippen LogP contribution in [-0.2, 0) is 15.7 Å². The van der Waals surface area contributed by atoms with Crippen LogP contribution in [-0.4, -0.2) is 46.8 Å². The van der Waals surface area contributed by atoms with E-state index in [1.165, 1.54) is 6.34 Å². The van der Waals surface area contributed by atoms with Gasteiger partial charge in [-0.3, -0.25) is 5.32 Å². The van der Waals surface area contributed by atoms with E-state index in [9.17, 15) is 22.8 Å². The van der Waals surface area contributed by atoms with Crippen LogP contribution < -0.4 is 16.4 Å². The second-order valence-corrected chi connectivity index (χ2v) is 8.36. The third-order valence-electron chi connectivity index (χ3n) is 5.35. The Morgan fingerprint density at radius 3 is 2.58 bits per heavy atom. The standard InChI is InChI=1S/C22H19BrF3N7O3/c1-2-36-20(34)16-15(17-19(27)29-10-30-33(17)18(16)23)11-3-5-13(6-4-11)31-21(35)32-14-9-12(7-8-28-14)22(24,25)26/h3-10,15,17H,2H2,1H3,(H2,27,29,30)(H2,28,31,32,35). The molecular weight excluding hydrogens is 547 g/mol. The van der Waals surface area contributed by atoms with Crippen molar-refractivity contribution in [3.05, 3.63) is 63.9 Å². The van der Waals surface area contributed by atoms with E-state index in [1.807, 2.05) is 0 Å². The van der Waals surface area contributed by atoms with Gasteiger partial charge in [0.05, 0.1) is 17.7 Å². The van der Waals surface area contributed by atoms with Crippen molar-refractivity contribution < 1.29 is 27.5 Å². The number of amides is 2. The van der Waals surface area contributed by atoms with Gasteiger partial charge in [-0.1, -0.05) is 12.1 Å².